The van der Waals surface area contributed by atoms with Gasteiger partial charge in [-0.1, -0.05) is 12.1 Å². The zero-order valence-corrected chi connectivity index (χ0v) is 10.7. The molecule has 1 N–H and O–H groups in total. The van der Waals surface area contributed by atoms with Crippen molar-refractivity contribution in [2.45, 2.75) is 0 Å². The number of nitrogens with one attached hydrogen (secondary N) is 1. The maximum atomic E-state index is 12.7. The number of methoxy groups -OCH3 is 1. The Hall–Kier alpha value is -2.76. The zero-order chi connectivity index (χ0) is 14.4. The van der Waals surface area contributed by atoms with Crippen molar-refractivity contribution < 1.29 is 13.9 Å². The second-order valence-electron chi connectivity index (χ2n) is 3.82. The number of hydrogen-bond acceptors (Lipinski definition) is 4. The molecule has 0 saturated carbocycles. The lowest BCUT2D eigenvalue weighted by Gasteiger charge is -2.02. The second kappa shape index (κ2) is 6.42. The van der Waals surface area contributed by atoms with Crippen LogP contribution in [0.4, 0.5) is 10.2 Å². The smallest absolute Gasteiger partial charge is 0.249 e. The van der Waals surface area contributed by atoms with Crippen LogP contribution in [0.1, 0.15) is 5.56 Å². The summed E-state index contributed by atoms with van der Waals surface area (Å²) in [5.41, 5.74) is 0.724. The van der Waals surface area contributed by atoms with Gasteiger partial charge in [0, 0.05) is 12.1 Å². The predicted molar refractivity (Wildman–Crippen MR) is 72.6 cm³/mol. The van der Waals surface area contributed by atoms with Gasteiger partial charge >= 0.3 is 0 Å². The molecule has 0 radical (unpaired) electrons. The van der Waals surface area contributed by atoms with Crippen LogP contribution in [0.5, 0.6) is 5.88 Å². The van der Waals surface area contributed by atoms with E-state index in [0.29, 0.717) is 11.7 Å². The molecule has 1 aromatic heterocycles. The van der Waals surface area contributed by atoms with Crippen LogP contribution in [0.15, 0.2) is 42.7 Å². The quantitative estimate of drug-likeness (QED) is 0.868. The summed E-state index contributed by atoms with van der Waals surface area (Å²) in [7, 11) is 1.47. The molecular weight excluding hydrogens is 261 g/mol. The van der Waals surface area contributed by atoms with E-state index in [2.05, 4.69) is 15.3 Å². The molecule has 0 fully saturated rings. The van der Waals surface area contributed by atoms with E-state index in [0.717, 1.165) is 5.56 Å². The van der Waals surface area contributed by atoms with Crippen molar-refractivity contribution in [1.82, 2.24) is 9.97 Å². The standard InChI is InChI=1S/C14H12FN3O2/c1-20-14-8-12(16-9-17-14)18-13(19)7-4-10-2-5-11(15)6-3-10/h2-9H,1H3,(H,16,17,18,19)/b7-4+. The molecular formula is C14H12FN3O2. The number of carbonyl (C=O) groups is 1. The Balaban J connectivity index is 1.99. The Kier molecular flexibility index (Phi) is 4.39. The van der Waals surface area contributed by atoms with Gasteiger partial charge in [0.25, 0.3) is 0 Å². The predicted octanol–water partition coefficient (Wildman–Crippen LogP) is 2.28. The number of aromatic nitrogens is 2. The number of rotatable bonds is 4. The Morgan fingerprint density at radius 3 is 2.75 bits per heavy atom. The molecule has 2 aromatic rings. The highest BCUT2D eigenvalue weighted by molar-refractivity contribution is 6.01. The summed E-state index contributed by atoms with van der Waals surface area (Å²) in [5.74, 6) is 0.0261. The van der Waals surface area contributed by atoms with Gasteiger partial charge in [0.15, 0.2) is 0 Å². The van der Waals surface area contributed by atoms with Crippen LogP contribution in [-0.4, -0.2) is 23.0 Å². The van der Waals surface area contributed by atoms with Gasteiger partial charge in [-0.2, -0.15) is 0 Å². The summed E-state index contributed by atoms with van der Waals surface area (Å²) in [6.07, 6.45) is 4.20. The normalized spacial score (nSPS) is 10.5. The maximum absolute atomic E-state index is 12.7. The van der Waals surface area contributed by atoms with Crippen LogP contribution < -0.4 is 10.1 Å². The number of carbonyl (C=O) groups excluding carboxylic acids is 1. The van der Waals surface area contributed by atoms with Crippen molar-refractivity contribution in [2.75, 3.05) is 12.4 Å². The monoisotopic (exact) mass is 273 g/mol. The molecule has 20 heavy (non-hydrogen) atoms. The Morgan fingerprint density at radius 2 is 2.05 bits per heavy atom. The number of benzene rings is 1. The van der Waals surface area contributed by atoms with Crippen molar-refractivity contribution in [3.8, 4) is 5.88 Å². The van der Waals surface area contributed by atoms with E-state index < -0.39 is 0 Å². The molecule has 1 aromatic carbocycles. The largest absolute Gasteiger partial charge is 0.481 e. The van der Waals surface area contributed by atoms with Gasteiger partial charge in [0.05, 0.1) is 7.11 Å². The van der Waals surface area contributed by atoms with Crippen molar-refractivity contribution in [3.05, 3.63) is 54.1 Å². The van der Waals surface area contributed by atoms with E-state index in [1.165, 1.54) is 37.7 Å². The fourth-order valence-corrected chi connectivity index (χ4v) is 1.43. The lowest BCUT2D eigenvalue weighted by molar-refractivity contribution is -0.111. The second-order valence-corrected chi connectivity index (χ2v) is 3.82. The van der Waals surface area contributed by atoms with Gasteiger partial charge in [-0.05, 0) is 23.8 Å². The highest BCUT2D eigenvalue weighted by atomic mass is 19.1. The fourth-order valence-electron chi connectivity index (χ4n) is 1.43. The average Bonchev–Trinajstić information content (AvgIpc) is 2.47. The Bertz CT molecular complexity index is 627. The van der Waals surface area contributed by atoms with Gasteiger partial charge in [-0.3, -0.25) is 4.79 Å². The van der Waals surface area contributed by atoms with Gasteiger partial charge in [0.2, 0.25) is 11.8 Å². The summed E-state index contributed by atoms with van der Waals surface area (Å²) in [6.45, 7) is 0. The highest BCUT2D eigenvalue weighted by Crippen LogP contribution is 2.10. The first-order chi connectivity index (χ1) is 9.67. The number of hydrogen-bond donors (Lipinski definition) is 1. The van der Waals surface area contributed by atoms with Gasteiger partial charge < -0.3 is 10.1 Å². The highest BCUT2D eigenvalue weighted by Gasteiger charge is 2.01. The topological polar surface area (TPSA) is 64.1 Å². The van der Waals surface area contributed by atoms with E-state index in [1.807, 2.05) is 0 Å². The van der Waals surface area contributed by atoms with Crippen molar-refractivity contribution >= 4 is 17.8 Å². The van der Waals surface area contributed by atoms with Crippen LogP contribution in [0, 0.1) is 5.82 Å². The molecule has 5 nitrogen and oxygen atoms in total. The van der Waals surface area contributed by atoms with Gasteiger partial charge in [-0.15, -0.1) is 0 Å². The molecule has 6 heteroatoms. The lowest BCUT2D eigenvalue weighted by Crippen LogP contribution is -2.09. The summed E-state index contributed by atoms with van der Waals surface area (Å²) < 4.78 is 17.6. The first-order valence-corrected chi connectivity index (χ1v) is 5.78. The molecule has 1 amide bonds. The number of nitrogens with zero attached hydrogens (tertiary/aromatic N) is 2. The Morgan fingerprint density at radius 1 is 1.30 bits per heavy atom. The molecule has 102 valence electrons. The summed E-state index contributed by atoms with van der Waals surface area (Å²) in [6, 6.07) is 7.31. The molecule has 2 rings (SSSR count). The van der Waals surface area contributed by atoms with Crippen LogP contribution in [0.3, 0.4) is 0 Å². The third kappa shape index (κ3) is 3.88. The lowest BCUT2D eigenvalue weighted by atomic mass is 10.2. The minimum atomic E-state index is -0.352. The third-order valence-electron chi connectivity index (χ3n) is 2.40. The molecule has 0 aliphatic rings. The van der Waals surface area contributed by atoms with Gasteiger partial charge in [0.1, 0.15) is 18.0 Å². The minimum absolute atomic E-state index is 0.320. The molecule has 0 unspecified atom stereocenters. The SMILES string of the molecule is COc1cc(NC(=O)/C=C/c2ccc(F)cc2)ncn1. The average molecular weight is 273 g/mol. The van der Waals surface area contributed by atoms with Crippen molar-refractivity contribution in [1.29, 1.82) is 0 Å². The van der Waals surface area contributed by atoms with E-state index in [4.69, 9.17) is 4.74 Å². The molecule has 0 aliphatic heterocycles. The third-order valence-corrected chi connectivity index (χ3v) is 2.40. The summed E-state index contributed by atoms with van der Waals surface area (Å²) in [4.78, 5) is 19.4. The Labute approximate surface area is 115 Å². The van der Waals surface area contributed by atoms with Crippen LogP contribution in [-0.2, 0) is 4.79 Å². The number of ether oxygens (including phenoxy) is 1. The van der Waals surface area contributed by atoms with Gasteiger partial charge in [-0.25, -0.2) is 14.4 Å². The van der Waals surface area contributed by atoms with E-state index in [9.17, 15) is 9.18 Å². The molecule has 0 atom stereocenters. The first kappa shape index (κ1) is 13.7. The summed E-state index contributed by atoms with van der Waals surface area (Å²) >= 11 is 0. The van der Waals surface area contributed by atoms with E-state index >= 15 is 0 Å². The van der Waals surface area contributed by atoms with Crippen molar-refractivity contribution in [2.24, 2.45) is 0 Å². The molecule has 0 spiro atoms. The summed E-state index contributed by atoms with van der Waals surface area (Å²) in [5, 5.41) is 2.57. The fraction of sp³-hybridized carbons (Fsp3) is 0.0714. The van der Waals surface area contributed by atoms with Crippen LogP contribution in [0.25, 0.3) is 6.08 Å². The molecule has 0 aliphatic carbocycles. The molecule has 0 bridgehead atoms. The molecule has 1 heterocycles. The van der Waals surface area contributed by atoms with Crippen LogP contribution in [0.2, 0.25) is 0 Å². The first-order valence-electron chi connectivity index (χ1n) is 5.78. The zero-order valence-electron chi connectivity index (χ0n) is 10.7. The molecule has 0 saturated heterocycles. The van der Waals surface area contributed by atoms with E-state index in [1.54, 1.807) is 18.2 Å². The van der Waals surface area contributed by atoms with Crippen LogP contribution >= 0.6 is 0 Å². The van der Waals surface area contributed by atoms with E-state index in [-0.39, 0.29) is 11.7 Å². The number of halogens is 1. The number of amides is 1. The maximum Gasteiger partial charge on any atom is 0.249 e. The minimum Gasteiger partial charge on any atom is -0.481 e. The van der Waals surface area contributed by atoms with Crippen molar-refractivity contribution in [3.63, 3.8) is 0 Å². The number of anilines is 1.